The Labute approximate surface area is 144 Å². The number of ether oxygens (including phenoxy) is 2. The fourth-order valence-electron chi connectivity index (χ4n) is 2.43. The van der Waals surface area contributed by atoms with E-state index in [2.05, 4.69) is 6.92 Å². The van der Waals surface area contributed by atoms with Gasteiger partial charge < -0.3 is 9.47 Å². The zero-order valence-corrected chi connectivity index (χ0v) is 14.4. The Bertz CT molecular complexity index is 587. The van der Waals surface area contributed by atoms with Crippen LogP contribution < -0.4 is 9.47 Å². The molecule has 0 spiro atoms. The minimum absolute atomic E-state index is 0.640. The summed E-state index contributed by atoms with van der Waals surface area (Å²) < 4.78 is 11.5. The van der Waals surface area contributed by atoms with Gasteiger partial charge in [0.1, 0.15) is 23.5 Å². The number of rotatable bonds is 11. The van der Waals surface area contributed by atoms with Gasteiger partial charge in [-0.1, -0.05) is 39.0 Å². The highest BCUT2D eigenvalue weighted by Gasteiger charge is 2.00. The third kappa shape index (κ3) is 6.45. The average Bonchev–Trinajstić information content (AvgIpc) is 2.63. The second kappa shape index (κ2) is 10.5. The molecule has 0 radical (unpaired) electrons. The van der Waals surface area contributed by atoms with Gasteiger partial charge in [0, 0.05) is 5.56 Å². The van der Waals surface area contributed by atoms with Crippen LogP contribution in [0.15, 0.2) is 48.5 Å². The minimum atomic E-state index is 0.640. The van der Waals surface area contributed by atoms with Crippen LogP contribution in [0, 0.1) is 0 Å². The highest BCUT2D eigenvalue weighted by Crippen LogP contribution is 2.24. The first-order valence-electron chi connectivity index (χ1n) is 8.78. The van der Waals surface area contributed by atoms with Crippen LogP contribution in [0.1, 0.15) is 55.8 Å². The highest BCUT2D eigenvalue weighted by molar-refractivity contribution is 5.74. The third-order valence-corrected chi connectivity index (χ3v) is 3.84. The van der Waals surface area contributed by atoms with Gasteiger partial charge in [-0.15, -0.1) is 0 Å². The van der Waals surface area contributed by atoms with Crippen LogP contribution in [0.4, 0.5) is 0 Å². The predicted molar refractivity (Wildman–Crippen MR) is 97.2 cm³/mol. The molecule has 0 fully saturated rings. The second-order valence-electron chi connectivity index (χ2n) is 5.88. The summed E-state index contributed by atoms with van der Waals surface area (Å²) in [6, 6.07) is 14.7. The van der Waals surface area contributed by atoms with Crippen LogP contribution in [-0.4, -0.2) is 12.9 Å². The number of unbranched alkanes of at least 4 members (excludes halogenated alkanes) is 5. The summed E-state index contributed by atoms with van der Waals surface area (Å²) in [7, 11) is 0. The van der Waals surface area contributed by atoms with Gasteiger partial charge in [0.2, 0.25) is 0 Å². The molecule has 3 heteroatoms. The van der Waals surface area contributed by atoms with Crippen molar-refractivity contribution in [3.05, 3.63) is 54.1 Å². The molecule has 0 saturated carbocycles. The van der Waals surface area contributed by atoms with Crippen molar-refractivity contribution in [1.82, 2.24) is 0 Å². The predicted octanol–water partition coefficient (Wildman–Crippen LogP) is 6.03. The molecule has 2 aromatic rings. The van der Waals surface area contributed by atoms with Crippen molar-refractivity contribution in [2.75, 3.05) is 6.61 Å². The van der Waals surface area contributed by atoms with Crippen LogP contribution in [0.3, 0.4) is 0 Å². The first kappa shape index (κ1) is 18.1. The number of hydrogen-bond donors (Lipinski definition) is 0. The maximum atomic E-state index is 10.6. The summed E-state index contributed by atoms with van der Waals surface area (Å²) in [5, 5.41) is 0. The van der Waals surface area contributed by atoms with E-state index in [4.69, 9.17) is 9.47 Å². The molecule has 128 valence electrons. The fourth-order valence-corrected chi connectivity index (χ4v) is 2.43. The Morgan fingerprint density at radius 3 is 1.92 bits per heavy atom. The maximum absolute atomic E-state index is 10.6. The highest BCUT2D eigenvalue weighted by atomic mass is 16.5. The molecule has 0 aliphatic rings. The van der Waals surface area contributed by atoms with Crippen molar-refractivity contribution in [2.24, 2.45) is 0 Å². The summed E-state index contributed by atoms with van der Waals surface area (Å²) in [6.45, 7) is 3.00. The largest absolute Gasteiger partial charge is 0.494 e. The molecule has 24 heavy (non-hydrogen) atoms. The average molecular weight is 326 g/mol. The van der Waals surface area contributed by atoms with E-state index >= 15 is 0 Å². The van der Waals surface area contributed by atoms with Crippen molar-refractivity contribution in [3.8, 4) is 17.2 Å². The standard InChI is InChI=1S/C21H26O3/c1-2-3-4-5-6-7-16-23-19-12-14-21(15-13-19)24-20-10-8-18(17-22)9-11-20/h8-15,17H,2-7,16H2,1H3. The smallest absolute Gasteiger partial charge is 0.150 e. The molecule has 0 amide bonds. The van der Waals surface area contributed by atoms with Crippen molar-refractivity contribution in [2.45, 2.75) is 45.4 Å². The number of carbonyl (C=O) groups is 1. The van der Waals surface area contributed by atoms with E-state index in [1.807, 2.05) is 24.3 Å². The number of carbonyl (C=O) groups excluding carboxylic acids is 1. The SMILES string of the molecule is CCCCCCCCOc1ccc(Oc2ccc(C=O)cc2)cc1. The van der Waals surface area contributed by atoms with E-state index in [0.717, 1.165) is 30.8 Å². The van der Waals surface area contributed by atoms with Crippen molar-refractivity contribution in [3.63, 3.8) is 0 Å². The van der Waals surface area contributed by atoms with E-state index < -0.39 is 0 Å². The molecule has 0 aromatic heterocycles. The summed E-state index contributed by atoms with van der Waals surface area (Å²) in [5.41, 5.74) is 0.640. The van der Waals surface area contributed by atoms with E-state index in [1.165, 1.54) is 32.1 Å². The van der Waals surface area contributed by atoms with Gasteiger partial charge >= 0.3 is 0 Å². The third-order valence-electron chi connectivity index (χ3n) is 3.84. The summed E-state index contributed by atoms with van der Waals surface area (Å²) in [5.74, 6) is 2.33. The Morgan fingerprint density at radius 1 is 0.750 bits per heavy atom. The van der Waals surface area contributed by atoms with E-state index in [9.17, 15) is 4.79 Å². The Hall–Kier alpha value is -2.29. The zero-order chi connectivity index (χ0) is 17.0. The number of hydrogen-bond acceptors (Lipinski definition) is 3. The molecule has 0 saturated heterocycles. The molecule has 0 N–H and O–H groups in total. The lowest BCUT2D eigenvalue weighted by Gasteiger charge is -2.08. The monoisotopic (exact) mass is 326 g/mol. The van der Waals surface area contributed by atoms with Gasteiger partial charge in [-0.3, -0.25) is 4.79 Å². The van der Waals surface area contributed by atoms with Crippen molar-refractivity contribution < 1.29 is 14.3 Å². The van der Waals surface area contributed by atoms with Gasteiger partial charge in [0.15, 0.2) is 0 Å². The maximum Gasteiger partial charge on any atom is 0.150 e. The Kier molecular flexibility index (Phi) is 7.88. The van der Waals surface area contributed by atoms with E-state index in [0.29, 0.717) is 11.3 Å². The molecule has 3 nitrogen and oxygen atoms in total. The molecule has 0 aliphatic heterocycles. The molecule has 0 heterocycles. The van der Waals surface area contributed by atoms with Crippen LogP contribution in [0.25, 0.3) is 0 Å². The first-order valence-corrected chi connectivity index (χ1v) is 8.78. The van der Waals surface area contributed by atoms with Gasteiger partial charge in [-0.05, 0) is 55.0 Å². The molecule has 0 unspecified atom stereocenters. The van der Waals surface area contributed by atoms with Crippen molar-refractivity contribution in [1.29, 1.82) is 0 Å². The molecule has 2 aromatic carbocycles. The van der Waals surface area contributed by atoms with E-state index in [1.54, 1.807) is 24.3 Å². The minimum Gasteiger partial charge on any atom is -0.494 e. The number of benzene rings is 2. The van der Waals surface area contributed by atoms with E-state index in [-0.39, 0.29) is 0 Å². The van der Waals surface area contributed by atoms with Gasteiger partial charge in [0.25, 0.3) is 0 Å². The van der Waals surface area contributed by atoms with Gasteiger partial charge in [-0.2, -0.15) is 0 Å². The van der Waals surface area contributed by atoms with Crippen LogP contribution in [0.2, 0.25) is 0 Å². The fraction of sp³-hybridized carbons (Fsp3) is 0.381. The first-order chi connectivity index (χ1) is 11.8. The quantitative estimate of drug-likeness (QED) is 0.373. The zero-order valence-electron chi connectivity index (χ0n) is 14.4. The molecule has 0 aliphatic carbocycles. The van der Waals surface area contributed by atoms with Gasteiger partial charge in [-0.25, -0.2) is 0 Å². The topological polar surface area (TPSA) is 35.5 Å². The molecule has 0 atom stereocenters. The number of aldehydes is 1. The molecular formula is C21H26O3. The van der Waals surface area contributed by atoms with Gasteiger partial charge in [0.05, 0.1) is 6.61 Å². The lowest BCUT2D eigenvalue weighted by Crippen LogP contribution is -1.97. The van der Waals surface area contributed by atoms with Crippen LogP contribution >= 0.6 is 0 Å². The van der Waals surface area contributed by atoms with Crippen molar-refractivity contribution >= 4 is 6.29 Å². The summed E-state index contributed by atoms with van der Waals surface area (Å²) in [4.78, 5) is 10.6. The normalized spacial score (nSPS) is 10.4. The second-order valence-corrected chi connectivity index (χ2v) is 5.88. The van der Waals surface area contributed by atoms with Crippen LogP contribution in [-0.2, 0) is 0 Å². The summed E-state index contributed by atoms with van der Waals surface area (Å²) >= 11 is 0. The lowest BCUT2D eigenvalue weighted by molar-refractivity contribution is 0.112. The summed E-state index contributed by atoms with van der Waals surface area (Å²) in [6.07, 6.45) is 8.40. The lowest BCUT2D eigenvalue weighted by atomic mass is 10.1. The van der Waals surface area contributed by atoms with Crippen LogP contribution in [0.5, 0.6) is 17.2 Å². The molecule has 0 bridgehead atoms. The Balaban J connectivity index is 1.71. The molecular weight excluding hydrogens is 300 g/mol. The Morgan fingerprint density at radius 2 is 1.29 bits per heavy atom. The molecule has 2 rings (SSSR count).